The van der Waals surface area contributed by atoms with E-state index in [4.69, 9.17) is 21.8 Å². The highest BCUT2D eigenvalue weighted by Gasteiger charge is 2.23. The zero-order valence-corrected chi connectivity index (χ0v) is 17.4. The largest absolute Gasteiger partial charge is 0.390 e. The van der Waals surface area contributed by atoms with Crippen LogP contribution in [0, 0.1) is 5.41 Å². The summed E-state index contributed by atoms with van der Waals surface area (Å²) >= 11 is 7.11. The van der Waals surface area contributed by atoms with Crippen LogP contribution < -0.4 is 5.32 Å². The Morgan fingerprint density at radius 1 is 1.36 bits per heavy atom. The Kier molecular flexibility index (Phi) is 6.70. The smallest absolute Gasteiger partial charge is 0.261 e. The molecule has 1 aromatic carbocycles. The van der Waals surface area contributed by atoms with Gasteiger partial charge in [0.2, 0.25) is 0 Å². The van der Waals surface area contributed by atoms with Gasteiger partial charge in [0.25, 0.3) is 5.91 Å². The highest BCUT2D eigenvalue weighted by atomic mass is 35.5. The molecule has 2 aromatic rings. The predicted molar refractivity (Wildman–Crippen MR) is 114 cm³/mol. The van der Waals surface area contributed by atoms with E-state index in [2.05, 4.69) is 17.4 Å². The standard InChI is InChI=1S/C20H23ClN4O2S/c1-3-10-25(2)19(22)14-6-4-13(5-7-14)16-11-15(27-24-16)12-23-20(26)17-8-9-18(21)28-17/h4-9,15,22H,3,10-12H2,1-2H3,(H,23,26). The second-order valence-electron chi connectivity index (χ2n) is 6.63. The molecule has 0 saturated heterocycles. The van der Waals surface area contributed by atoms with Crippen LogP contribution in [0.1, 0.15) is 40.6 Å². The van der Waals surface area contributed by atoms with Crippen LogP contribution in [-0.4, -0.2) is 48.6 Å². The molecule has 1 amide bonds. The third kappa shape index (κ3) is 4.91. The van der Waals surface area contributed by atoms with Crippen molar-refractivity contribution in [2.24, 2.45) is 5.16 Å². The van der Waals surface area contributed by atoms with Crippen molar-refractivity contribution in [1.29, 1.82) is 5.41 Å². The maximum atomic E-state index is 12.1. The fraction of sp³-hybridized carbons (Fsp3) is 0.350. The number of amides is 1. The number of amidine groups is 1. The lowest BCUT2D eigenvalue weighted by Crippen LogP contribution is -2.31. The van der Waals surface area contributed by atoms with E-state index in [0.717, 1.165) is 29.8 Å². The van der Waals surface area contributed by atoms with E-state index in [-0.39, 0.29) is 12.0 Å². The van der Waals surface area contributed by atoms with Crippen molar-refractivity contribution < 1.29 is 9.63 Å². The van der Waals surface area contributed by atoms with Gasteiger partial charge in [0.05, 0.1) is 21.5 Å². The Labute approximate surface area is 173 Å². The third-order valence-electron chi connectivity index (χ3n) is 4.45. The zero-order chi connectivity index (χ0) is 20.1. The van der Waals surface area contributed by atoms with Gasteiger partial charge >= 0.3 is 0 Å². The number of nitrogens with zero attached hydrogens (tertiary/aromatic N) is 2. The first-order chi connectivity index (χ1) is 13.5. The van der Waals surface area contributed by atoms with Crippen LogP contribution in [0.25, 0.3) is 0 Å². The molecule has 1 atom stereocenters. The molecule has 2 heterocycles. The van der Waals surface area contributed by atoms with Gasteiger partial charge in [0.15, 0.2) is 0 Å². The molecule has 0 spiro atoms. The molecule has 1 aliphatic rings. The number of carbonyl (C=O) groups is 1. The minimum atomic E-state index is -0.192. The molecule has 0 saturated carbocycles. The maximum Gasteiger partial charge on any atom is 0.261 e. The molecular formula is C20H23ClN4O2S. The van der Waals surface area contributed by atoms with Crippen molar-refractivity contribution in [2.45, 2.75) is 25.9 Å². The highest BCUT2D eigenvalue weighted by Crippen LogP contribution is 2.22. The SMILES string of the molecule is CCCN(C)C(=N)c1ccc(C2=NOC(CNC(=O)c3ccc(Cl)s3)C2)cc1. The van der Waals surface area contributed by atoms with Crippen molar-refractivity contribution >= 4 is 40.4 Å². The van der Waals surface area contributed by atoms with E-state index in [1.807, 2.05) is 36.2 Å². The minimum Gasteiger partial charge on any atom is -0.390 e. The van der Waals surface area contributed by atoms with Crippen LogP contribution in [0.4, 0.5) is 0 Å². The number of rotatable bonds is 7. The number of hydrogen-bond acceptors (Lipinski definition) is 5. The molecule has 8 heteroatoms. The molecule has 0 aliphatic carbocycles. The number of oxime groups is 1. The summed E-state index contributed by atoms with van der Waals surface area (Å²) in [6, 6.07) is 11.2. The van der Waals surface area contributed by atoms with Gasteiger partial charge in [-0.15, -0.1) is 11.3 Å². The number of halogens is 1. The van der Waals surface area contributed by atoms with Gasteiger partial charge in [-0.1, -0.05) is 47.9 Å². The van der Waals surface area contributed by atoms with Gasteiger partial charge < -0.3 is 15.1 Å². The van der Waals surface area contributed by atoms with Gasteiger partial charge in [0, 0.05) is 25.6 Å². The molecule has 2 N–H and O–H groups in total. The monoisotopic (exact) mass is 418 g/mol. The molecular weight excluding hydrogens is 396 g/mol. The van der Waals surface area contributed by atoms with Crippen LogP contribution in [0.2, 0.25) is 4.34 Å². The van der Waals surface area contributed by atoms with Crippen molar-refractivity contribution in [3.8, 4) is 0 Å². The molecule has 0 radical (unpaired) electrons. The average Bonchev–Trinajstić information content (AvgIpc) is 3.35. The quantitative estimate of drug-likeness (QED) is 0.527. The minimum absolute atomic E-state index is 0.159. The Morgan fingerprint density at radius 2 is 2.11 bits per heavy atom. The number of carbonyl (C=O) groups excluding carboxylic acids is 1. The molecule has 3 rings (SSSR count). The van der Waals surface area contributed by atoms with E-state index in [1.54, 1.807) is 12.1 Å². The lowest BCUT2D eigenvalue weighted by Gasteiger charge is -2.19. The zero-order valence-electron chi connectivity index (χ0n) is 15.9. The average molecular weight is 419 g/mol. The molecule has 1 unspecified atom stereocenters. The normalized spacial score (nSPS) is 15.7. The van der Waals surface area contributed by atoms with Gasteiger partial charge in [0.1, 0.15) is 11.9 Å². The Morgan fingerprint density at radius 3 is 2.75 bits per heavy atom. The summed E-state index contributed by atoms with van der Waals surface area (Å²) in [5, 5.41) is 15.3. The van der Waals surface area contributed by atoms with E-state index < -0.39 is 0 Å². The van der Waals surface area contributed by atoms with Crippen molar-refractivity contribution in [2.75, 3.05) is 20.1 Å². The number of nitrogens with one attached hydrogen (secondary N) is 2. The molecule has 6 nitrogen and oxygen atoms in total. The molecule has 0 bridgehead atoms. The van der Waals surface area contributed by atoms with Crippen LogP contribution in [0.5, 0.6) is 0 Å². The summed E-state index contributed by atoms with van der Waals surface area (Å²) in [5.74, 6) is 0.347. The van der Waals surface area contributed by atoms with Crippen molar-refractivity contribution in [3.05, 3.63) is 56.7 Å². The molecule has 1 aliphatic heterocycles. The summed E-state index contributed by atoms with van der Waals surface area (Å²) < 4.78 is 0.588. The van der Waals surface area contributed by atoms with Crippen LogP contribution >= 0.6 is 22.9 Å². The number of benzene rings is 1. The van der Waals surface area contributed by atoms with Gasteiger partial charge in [-0.25, -0.2) is 0 Å². The van der Waals surface area contributed by atoms with Gasteiger partial charge in [-0.05, 0) is 24.1 Å². The van der Waals surface area contributed by atoms with Gasteiger partial charge in [-0.3, -0.25) is 10.2 Å². The molecule has 148 valence electrons. The lowest BCUT2D eigenvalue weighted by atomic mass is 10.0. The molecule has 0 fully saturated rings. The first kappa shape index (κ1) is 20.4. The second-order valence-corrected chi connectivity index (χ2v) is 8.35. The third-order valence-corrected chi connectivity index (χ3v) is 5.68. The van der Waals surface area contributed by atoms with Crippen LogP contribution in [0.3, 0.4) is 0 Å². The van der Waals surface area contributed by atoms with Crippen molar-refractivity contribution in [3.63, 3.8) is 0 Å². The molecule has 1 aromatic heterocycles. The van der Waals surface area contributed by atoms with E-state index in [1.165, 1.54) is 11.3 Å². The first-order valence-corrected chi connectivity index (χ1v) is 10.3. The van der Waals surface area contributed by atoms with Crippen LogP contribution in [0.15, 0.2) is 41.6 Å². The summed E-state index contributed by atoms with van der Waals surface area (Å²) in [5.41, 5.74) is 2.68. The molecule has 28 heavy (non-hydrogen) atoms. The number of hydrogen-bond donors (Lipinski definition) is 2. The van der Waals surface area contributed by atoms with E-state index >= 15 is 0 Å². The van der Waals surface area contributed by atoms with E-state index in [0.29, 0.717) is 28.0 Å². The summed E-state index contributed by atoms with van der Waals surface area (Å²) in [7, 11) is 1.93. The fourth-order valence-corrected chi connectivity index (χ4v) is 3.89. The summed E-state index contributed by atoms with van der Waals surface area (Å²) in [6.45, 7) is 3.33. The summed E-state index contributed by atoms with van der Waals surface area (Å²) in [6.07, 6.45) is 1.43. The first-order valence-electron chi connectivity index (χ1n) is 9.14. The maximum absolute atomic E-state index is 12.1. The summed E-state index contributed by atoms with van der Waals surface area (Å²) in [4.78, 5) is 20.1. The Hall–Kier alpha value is -2.38. The van der Waals surface area contributed by atoms with E-state index in [9.17, 15) is 4.79 Å². The Bertz CT molecular complexity index is 879. The highest BCUT2D eigenvalue weighted by molar-refractivity contribution is 7.17. The Balaban J connectivity index is 1.52. The fourth-order valence-electron chi connectivity index (χ4n) is 2.93. The van der Waals surface area contributed by atoms with Gasteiger partial charge in [-0.2, -0.15) is 0 Å². The predicted octanol–water partition coefficient (Wildman–Crippen LogP) is 3.99. The van der Waals surface area contributed by atoms with Crippen molar-refractivity contribution in [1.82, 2.24) is 10.2 Å². The topological polar surface area (TPSA) is 77.8 Å². The lowest BCUT2D eigenvalue weighted by molar-refractivity contribution is 0.0755. The second kappa shape index (κ2) is 9.21. The number of thiophene rings is 1. The van der Waals surface area contributed by atoms with Crippen LogP contribution in [-0.2, 0) is 4.84 Å².